The van der Waals surface area contributed by atoms with E-state index in [0.717, 1.165) is 17.4 Å². The average Bonchev–Trinajstić information content (AvgIpc) is 3.04. The summed E-state index contributed by atoms with van der Waals surface area (Å²) in [6, 6.07) is 0. The topological polar surface area (TPSA) is 62.2 Å². The first-order chi connectivity index (χ1) is 9.13. The van der Waals surface area contributed by atoms with Gasteiger partial charge in [0.05, 0.1) is 12.1 Å². The monoisotopic (exact) mass is 300 g/mol. The Morgan fingerprint density at radius 2 is 2.32 bits per heavy atom. The van der Waals surface area contributed by atoms with Crippen LogP contribution in [0.15, 0.2) is 5.38 Å². The van der Waals surface area contributed by atoms with Crippen LogP contribution in [0.2, 0.25) is 0 Å². The molecule has 1 aromatic heterocycles. The van der Waals surface area contributed by atoms with Crippen LogP contribution in [0.3, 0.4) is 0 Å². The zero-order chi connectivity index (χ0) is 13.7. The molecule has 0 saturated heterocycles. The minimum Gasteiger partial charge on any atom is -0.481 e. The molecule has 106 valence electrons. The molecule has 19 heavy (non-hydrogen) atoms. The molecule has 2 rings (SSSR count). The predicted molar refractivity (Wildman–Crippen MR) is 81.3 cm³/mol. The molecule has 0 aliphatic heterocycles. The Labute approximate surface area is 122 Å². The van der Waals surface area contributed by atoms with E-state index in [1.165, 1.54) is 25.7 Å². The van der Waals surface area contributed by atoms with E-state index in [4.69, 9.17) is 5.11 Å². The molecule has 1 aliphatic carbocycles. The first kappa shape index (κ1) is 14.7. The Balaban J connectivity index is 1.84. The molecule has 1 saturated carbocycles. The van der Waals surface area contributed by atoms with Crippen molar-refractivity contribution in [3.05, 3.63) is 11.1 Å². The summed E-state index contributed by atoms with van der Waals surface area (Å²) in [6.45, 7) is 0.958. The lowest BCUT2D eigenvalue weighted by Crippen LogP contribution is -2.29. The second-order valence-corrected chi connectivity index (χ2v) is 7.12. The number of aryl methyl sites for hydroxylation is 1. The normalized spacial score (nSPS) is 17.5. The van der Waals surface area contributed by atoms with Crippen molar-refractivity contribution in [2.45, 2.75) is 43.3 Å². The minimum absolute atomic E-state index is 0.151. The van der Waals surface area contributed by atoms with E-state index in [2.05, 4.69) is 16.6 Å². The standard InChI is InChI=1S/C13H20N2O2S2/c1-18-13(6-2-3-7-13)9-14-12-15-10(8-19-12)4-5-11(16)17/h8H,2-7,9H2,1H3,(H,14,15)(H,16,17). The number of aromatic nitrogens is 1. The number of hydrogen-bond acceptors (Lipinski definition) is 5. The van der Waals surface area contributed by atoms with Gasteiger partial charge >= 0.3 is 5.97 Å². The van der Waals surface area contributed by atoms with E-state index in [9.17, 15) is 4.79 Å². The fraction of sp³-hybridized carbons (Fsp3) is 0.692. The van der Waals surface area contributed by atoms with Crippen LogP contribution in [0.1, 0.15) is 37.8 Å². The van der Waals surface area contributed by atoms with Gasteiger partial charge in [0, 0.05) is 23.1 Å². The maximum Gasteiger partial charge on any atom is 0.303 e. The van der Waals surface area contributed by atoms with Gasteiger partial charge in [0.1, 0.15) is 0 Å². The Kier molecular flexibility index (Phi) is 5.10. The van der Waals surface area contributed by atoms with Crippen LogP contribution < -0.4 is 5.32 Å². The largest absolute Gasteiger partial charge is 0.481 e. The number of thiazole rings is 1. The van der Waals surface area contributed by atoms with E-state index in [0.29, 0.717) is 11.2 Å². The van der Waals surface area contributed by atoms with Crippen molar-refractivity contribution in [1.29, 1.82) is 0 Å². The number of rotatable bonds is 7. The smallest absolute Gasteiger partial charge is 0.303 e. The highest BCUT2D eigenvalue weighted by molar-refractivity contribution is 8.00. The number of nitrogens with one attached hydrogen (secondary N) is 1. The summed E-state index contributed by atoms with van der Waals surface area (Å²) >= 11 is 3.53. The highest BCUT2D eigenvalue weighted by Gasteiger charge is 2.32. The lowest BCUT2D eigenvalue weighted by atomic mass is 10.1. The Morgan fingerprint density at radius 3 is 2.95 bits per heavy atom. The number of carboxylic acid groups (broad SMARTS) is 1. The number of nitrogens with zero attached hydrogens (tertiary/aromatic N) is 1. The van der Waals surface area contributed by atoms with E-state index < -0.39 is 5.97 Å². The van der Waals surface area contributed by atoms with Crippen molar-refractivity contribution < 1.29 is 9.90 Å². The van der Waals surface area contributed by atoms with E-state index >= 15 is 0 Å². The lowest BCUT2D eigenvalue weighted by molar-refractivity contribution is -0.136. The van der Waals surface area contributed by atoms with Crippen LogP contribution in [-0.2, 0) is 11.2 Å². The van der Waals surface area contributed by atoms with Gasteiger partial charge in [0.15, 0.2) is 5.13 Å². The molecular weight excluding hydrogens is 280 g/mol. The summed E-state index contributed by atoms with van der Waals surface area (Å²) in [4.78, 5) is 15.0. The van der Waals surface area contributed by atoms with Crippen molar-refractivity contribution in [1.82, 2.24) is 4.98 Å². The van der Waals surface area contributed by atoms with Gasteiger partial charge in [0.2, 0.25) is 0 Å². The molecule has 1 aliphatic rings. The van der Waals surface area contributed by atoms with Gasteiger partial charge in [-0.1, -0.05) is 12.8 Å². The highest BCUT2D eigenvalue weighted by Crippen LogP contribution is 2.40. The molecule has 2 N–H and O–H groups in total. The van der Waals surface area contributed by atoms with Gasteiger partial charge in [-0.15, -0.1) is 11.3 Å². The molecule has 0 amide bonds. The molecule has 0 spiro atoms. The van der Waals surface area contributed by atoms with Crippen LogP contribution >= 0.6 is 23.1 Å². The van der Waals surface area contributed by atoms with Crippen molar-refractivity contribution in [3.8, 4) is 0 Å². The van der Waals surface area contributed by atoms with Crippen molar-refractivity contribution in [2.24, 2.45) is 0 Å². The summed E-state index contributed by atoms with van der Waals surface area (Å²) in [6.07, 6.45) is 8.05. The third-order valence-corrected chi connectivity index (χ3v) is 5.92. The number of hydrogen-bond donors (Lipinski definition) is 2. The molecule has 6 heteroatoms. The maximum absolute atomic E-state index is 10.5. The van der Waals surface area contributed by atoms with Crippen LogP contribution in [0.25, 0.3) is 0 Å². The molecule has 1 heterocycles. The first-order valence-electron chi connectivity index (χ1n) is 6.59. The van der Waals surface area contributed by atoms with Crippen molar-refractivity contribution >= 4 is 34.2 Å². The summed E-state index contributed by atoms with van der Waals surface area (Å²) in [5.74, 6) is -0.769. The minimum atomic E-state index is -0.769. The zero-order valence-corrected chi connectivity index (χ0v) is 12.8. The maximum atomic E-state index is 10.5. The summed E-state index contributed by atoms with van der Waals surface area (Å²) in [7, 11) is 0. The predicted octanol–water partition coefficient (Wildman–Crippen LogP) is 3.25. The van der Waals surface area contributed by atoms with Gasteiger partial charge in [-0.2, -0.15) is 11.8 Å². The summed E-state index contributed by atoms with van der Waals surface area (Å²) in [5.41, 5.74) is 0.875. The number of thioether (sulfide) groups is 1. The number of aliphatic carboxylic acids is 1. The molecule has 1 fully saturated rings. The van der Waals surface area contributed by atoms with Crippen molar-refractivity contribution in [3.63, 3.8) is 0 Å². The second kappa shape index (κ2) is 6.61. The molecule has 0 atom stereocenters. The fourth-order valence-electron chi connectivity index (χ4n) is 2.45. The Bertz CT molecular complexity index is 428. The van der Waals surface area contributed by atoms with E-state index in [1.807, 2.05) is 17.1 Å². The van der Waals surface area contributed by atoms with Crippen LogP contribution in [0.4, 0.5) is 5.13 Å². The molecule has 0 aromatic carbocycles. The number of anilines is 1. The molecule has 0 bridgehead atoms. The van der Waals surface area contributed by atoms with Gasteiger partial charge in [-0.3, -0.25) is 4.79 Å². The van der Waals surface area contributed by atoms with Crippen LogP contribution in [0.5, 0.6) is 0 Å². The third-order valence-electron chi connectivity index (χ3n) is 3.66. The SMILES string of the molecule is CSC1(CNc2nc(CCC(=O)O)cs2)CCCC1. The lowest BCUT2D eigenvalue weighted by Gasteiger charge is -2.26. The quantitative estimate of drug-likeness (QED) is 0.809. The zero-order valence-electron chi connectivity index (χ0n) is 11.1. The second-order valence-electron chi connectivity index (χ2n) is 4.99. The Hall–Kier alpha value is -0.750. The van der Waals surface area contributed by atoms with Crippen molar-refractivity contribution in [2.75, 3.05) is 18.1 Å². The van der Waals surface area contributed by atoms with Gasteiger partial charge in [0.25, 0.3) is 0 Å². The summed E-state index contributed by atoms with van der Waals surface area (Å²) < 4.78 is 0.368. The molecular formula is C13H20N2O2S2. The Morgan fingerprint density at radius 1 is 1.58 bits per heavy atom. The van der Waals surface area contributed by atoms with Gasteiger partial charge in [-0.25, -0.2) is 4.98 Å². The molecule has 0 unspecified atom stereocenters. The third kappa shape index (κ3) is 4.11. The molecule has 4 nitrogen and oxygen atoms in total. The fourth-order valence-corrected chi connectivity index (χ4v) is 4.10. The van der Waals surface area contributed by atoms with E-state index in [1.54, 1.807) is 11.3 Å². The average molecular weight is 300 g/mol. The van der Waals surface area contributed by atoms with E-state index in [-0.39, 0.29) is 6.42 Å². The van der Waals surface area contributed by atoms with Gasteiger partial charge < -0.3 is 10.4 Å². The number of carboxylic acids is 1. The highest BCUT2D eigenvalue weighted by atomic mass is 32.2. The first-order valence-corrected chi connectivity index (χ1v) is 8.69. The number of carbonyl (C=O) groups is 1. The molecule has 0 radical (unpaired) electrons. The van der Waals surface area contributed by atoms with Crippen LogP contribution in [-0.4, -0.2) is 33.6 Å². The van der Waals surface area contributed by atoms with Crippen LogP contribution in [0, 0.1) is 0 Å². The molecule has 1 aromatic rings. The van der Waals surface area contributed by atoms with Gasteiger partial charge in [-0.05, 0) is 19.1 Å². The summed E-state index contributed by atoms with van der Waals surface area (Å²) in [5, 5.41) is 14.9.